The Kier molecular flexibility index (Phi) is 6.75. The molecule has 0 aromatic carbocycles. The van der Waals surface area contributed by atoms with Crippen LogP contribution in [-0.4, -0.2) is 17.6 Å². The smallest absolute Gasteiger partial charge is 0.0459 e. The Morgan fingerprint density at radius 1 is 0.920 bits per heavy atom. The second-order valence-corrected chi connectivity index (χ2v) is 8.01. The molecule has 0 fully saturated rings. The molecule has 2 aliphatic carbocycles. The minimum absolute atomic E-state index is 0.554. The minimum atomic E-state index is 0.554. The zero-order valence-electron chi connectivity index (χ0n) is 16.4. The van der Waals surface area contributed by atoms with Gasteiger partial charge in [-0.05, 0) is 87.8 Å². The van der Waals surface area contributed by atoms with Gasteiger partial charge in [-0.2, -0.15) is 0 Å². The summed E-state index contributed by atoms with van der Waals surface area (Å²) >= 11 is 0. The molecule has 3 heteroatoms. The van der Waals surface area contributed by atoms with Crippen molar-refractivity contribution in [1.29, 1.82) is 0 Å². The molecule has 1 aromatic rings. The summed E-state index contributed by atoms with van der Waals surface area (Å²) in [4.78, 5) is 5.11. The Hall–Kier alpha value is -1.09. The van der Waals surface area contributed by atoms with Gasteiger partial charge in [0.1, 0.15) is 0 Å². The summed E-state index contributed by atoms with van der Waals surface area (Å²) in [6.07, 6.45) is 14.8. The maximum absolute atomic E-state index is 5.84. The lowest BCUT2D eigenvalue weighted by Gasteiger charge is -2.33. The van der Waals surface area contributed by atoms with Gasteiger partial charge in [-0.1, -0.05) is 26.7 Å². The van der Waals surface area contributed by atoms with Crippen molar-refractivity contribution < 1.29 is 0 Å². The maximum atomic E-state index is 5.84. The van der Waals surface area contributed by atoms with E-state index < -0.39 is 0 Å². The third-order valence-corrected chi connectivity index (χ3v) is 6.42. The first-order chi connectivity index (χ1) is 12.3. The Morgan fingerprint density at radius 2 is 1.48 bits per heavy atom. The first-order valence-electron chi connectivity index (χ1n) is 10.8. The quantitative estimate of drug-likeness (QED) is 0.713. The van der Waals surface area contributed by atoms with Gasteiger partial charge in [0.25, 0.3) is 0 Å². The molecule has 3 nitrogen and oxygen atoms in total. The van der Waals surface area contributed by atoms with Crippen molar-refractivity contribution in [2.45, 2.75) is 96.9 Å². The van der Waals surface area contributed by atoms with Gasteiger partial charge in [-0.15, -0.1) is 0 Å². The van der Waals surface area contributed by atoms with Gasteiger partial charge in [0.15, 0.2) is 0 Å². The normalized spacial score (nSPS) is 17.9. The van der Waals surface area contributed by atoms with Gasteiger partial charge in [0.05, 0.1) is 0 Å². The molecule has 3 rings (SSSR count). The van der Waals surface area contributed by atoms with Crippen LogP contribution in [0.1, 0.15) is 87.7 Å². The summed E-state index contributed by atoms with van der Waals surface area (Å²) in [6.45, 7) is 5.47. The van der Waals surface area contributed by atoms with Crippen molar-refractivity contribution in [3.8, 4) is 0 Å². The molecular weight excluding hydrogens is 306 g/mol. The Labute approximate surface area is 154 Å². The van der Waals surface area contributed by atoms with Crippen LogP contribution >= 0.6 is 0 Å². The highest BCUT2D eigenvalue weighted by Crippen LogP contribution is 2.37. The van der Waals surface area contributed by atoms with E-state index in [1.165, 1.54) is 87.7 Å². The van der Waals surface area contributed by atoms with Gasteiger partial charge in [0.2, 0.25) is 0 Å². The van der Waals surface area contributed by atoms with Crippen molar-refractivity contribution in [1.82, 2.24) is 4.98 Å². The number of nitrogens with two attached hydrogens (primary N) is 1. The molecule has 0 saturated carbocycles. The Morgan fingerprint density at radius 3 is 2.00 bits per heavy atom. The van der Waals surface area contributed by atoms with Crippen molar-refractivity contribution in [2.75, 3.05) is 11.9 Å². The van der Waals surface area contributed by atoms with Crippen LogP contribution in [0.5, 0.6) is 0 Å². The molecule has 1 heterocycles. The topological polar surface area (TPSA) is 50.9 Å². The fourth-order valence-corrected chi connectivity index (χ4v) is 4.89. The third kappa shape index (κ3) is 4.19. The fraction of sp³-hybridized carbons (Fsp3) is 0.773. The SMILES string of the molecule is CCC(CC)C(CCCN)Nc1c2c(nc3c1CCCC3)CCCC2. The fourth-order valence-electron chi connectivity index (χ4n) is 4.89. The number of pyridine rings is 1. The Bertz CT molecular complexity index is 529. The number of anilines is 1. The molecule has 0 aliphatic heterocycles. The number of nitrogens with one attached hydrogen (secondary N) is 1. The highest BCUT2D eigenvalue weighted by atomic mass is 14.9. The van der Waals surface area contributed by atoms with Gasteiger partial charge >= 0.3 is 0 Å². The number of hydrogen-bond donors (Lipinski definition) is 2. The number of rotatable bonds is 8. The zero-order chi connectivity index (χ0) is 17.6. The molecule has 1 unspecified atom stereocenters. The van der Waals surface area contributed by atoms with Crippen LogP contribution in [0.15, 0.2) is 0 Å². The van der Waals surface area contributed by atoms with E-state index in [4.69, 9.17) is 10.7 Å². The standard InChI is InChI=1S/C22H37N3/c1-3-16(4-2)19(14-9-15-23)25-22-17-10-5-7-12-20(17)24-21-13-8-6-11-18(21)22/h16,19H,3-15,23H2,1-2H3,(H,24,25). The summed E-state index contributed by atoms with van der Waals surface area (Å²) in [6, 6.07) is 0.554. The second-order valence-electron chi connectivity index (χ2n) is 8.01. The molecule has 0 radical (unpaired) electrons. The van der Waals surface area contributed by atoms with E-state index in [9.17, 15) is 0 Å². The third-order valence-electron chi connectivity index (χ3n) is 6.42. The van der Waals surface area contributed by atoms with Crippen LogP contribution in [-0.2, 0) is 25.7 Å². The van der Waals surface area contributed by atoms with Gasteiger partial charge in [0, 0.05) is 23.1 Å². The largest absolute Gasteiger partial charge is 0.381 e. The average molecular weight is 344 g/mol. The van der Waals surface area contributed by atoms with Crippen molar-refractivity contribution in [3.05, 3.63) is 22.5 Å². The maximum Gasteiger partial charge on any atom is 0.0459 e. The highest BCUT2D eigenvalue weighted by Gasteiger charge is 2.26. The predicted octanol–water partition coefficient (Wildman–Crippen LogP) is 4.79. The van der Waals surface area contributed by atoms with Crippen molar-refractivity contribution in [3.63, 3.8) is 0 Å². The van der Waals surface area contributed by atoms with Crippen LogP contribution in [0.4, 0.5) is 5.69 Å². The predicted molar refractivity (Wildman–Crippen MR) is 107 cm³/mol. The van der Waals surface area contributed by atoms with E-state index in [-0.39, 0.29) is 0 Å². The molecule has 0 spiro atoms. The van der Waals surface area contributed by atoms with E-state index in [0.717, 1.165) is 18.9 Å². The molecule has 2 aliphatic rings. The summed E-state index contributed by atoms with van der Waals surface area (Å²) in [5, 5.41) is 4.08. The van der Waals surface area contributed by atoms with E-state index in [1.54, 1.807) is 11.1 Å². The van der Waals surface area contributed by atoms with Crippen LogP contribution < -0.4 is 11.1 Å². The van der Waals surface area contributed by atoms with E-state index >= 15 is 0 Å². The minimum Gasteiger partial charge on any atom is -0.381 e. The summed E-state index contributed by atoms with van der Waals surface area (Å²) in [7, 11) is 0. The molecule has 0 saturated heterocycles. The lowest BCUT2D eigenvalue weighted by molar-refractivity contribution is 0.393. The van der Waals surface area contributed by atoms with Gasteiger partial charge in [-0.3, -0.25) is 4.98 Å². The van der Waals surface area contributed by atoms with Crippen LogP contribution in [0, 0.1) is 5.92 Å². The van der Waals surface area contributed by atoms with Gasteiger partial charge < -0.3 is 11.1 Å². The summed E-state index contributed by atoms with van der Waals surface area (Å²) < 4.78 is 0. The first-order valence-corrected chi connectivity index (χ1v) is 10.8. The van der Waals surface area contributed by atoms with Crippen molar-refractivity contribution >= 4 is 5.69 Å². The van der Waals surface area contributed by atoms with Crippen LogP contribution in [0.3, 0.4) is 0 Å². The number of fused-ring (bicyclic) bond motifs is 2. The number of nitrogens with zero attached hydrogens (tertiary/aromatic N) is 1. The molecule has 1 aromatic heterocycles. The lowest BCUT2D eigenvalue weighted by Crippen LogP contribution is -2.31. The number of aromatic nitrogens is 1. The van der Waals surface area contributed by atoms with E-state index in [2.05, 4.69) is 19.2 Å². The van der Waals surface area contributed by atoms with E-state index in [1.807, 2.05) is 0 Å². The molecule has 1 atom stereocenters. The highest BCUT2D eigenvalue weighted by molar-refractivity contribution is 5.62. The molecular formula is C22H37N3. The molecule has 140 valence electrons. The first kappa shape index (κ1) is 18.7. The second kappa shape index (κ2) is 9.02. The monoisotopic (exact) mass is 343 g/mol. The summed E-state index contributed by atoms with van der Waals surface area (Å²) in [5.41, 5.74) is 13.2. The molecule has 0 amide bonds. The number of hydrogen-bond acceptors (Lipinski definition) is 3. The van der Waals surface area contributed by atoms with Gasteiger partial charge in [-0.25, -0.2) is 0 Å². The number of aryl methyl sites for hydroxylation is 2. The molecule has 25 heavy (non-hydrogen) atoms. The molecule has 0 bridgehead atoms. The average Bonchev–Trinajstić information content (AvgIpc) is 2.66. The van der Waals surface area contributed by atoms with E-state index in [0.29, 0.717) is 6.04 Å². The molecule has 3 N–H and O–H groups in total. The van der Waals surface area contributed by atoms with Crippen molar-refractivity contribution in [2.24, 2.45) is 11.7 Å². The zero-order valence-corrected chi connectivity index (χ0v) is 16.4. The van der Waals surface area contributed by atoms with Crippen LogP contribution in [0.25, 0.3) is 0 Å². The Balaban J connectivity index is 1.95. The lowest BCUT2D eigenvalue weighted by atomic mass is 9.85. The summed E-state index contributed by atoms with van der Waals surface area (Å²) in [5.74, 6) is 0.734. The van der Waals surface area contributed by atoms with Crippen LogP contribution in [0.2, 0.25) is 0 Å².